The highest BCUT2D eigenvalue weighted by Gasteiger charge is 2.12. The summed E-state index contributed by atoms with van der Waals surface area (Å²) in [5, 5.41) is 5.86. The van der Waals surface area contributed by atoms with Crippen molar-refractivity contribution in [1.82, 2.24) is 0 Å². The number of nitrogens with one attached hydrogen (secondary N) is 2. The maximum atomic E-state index is 12.1. The second-order valence-corrected chi connectivity index (χ2v) is 8.50. The minimum absolute atomic E-state index is 0.00246. The van der Waals surface area contributed by atoms with Crippen LogP contribution in [-0.2, 0) is 23.9 Å². The molecule has 8 nitrogen and oxygen atoms in total. The Morgan fingerprint density at radius 2 is 1.62 bits per heavy atom. The molecule has 2 aromatic carbocycles. The lowest BCUT2D eigenvalue weighted by Crippen LogP contribution is -2.21. The number of rotatable bonds is 11. The lowest BCUT2D eigenvalue weighted by atomic mass is 10.2. The summed E-state index contributed by atoms with van der Waals surface area (Å²) in [7, 11) is 0. The molecule has 0 aliphatic heterocycles. The lowest BCUT2D eigenvalue weighted by molar-refractivity contribution is -0.147. The van der Waals surface area contributed by atoms with E-state index < -0.39 is 24.5 Å². The van der Waals surface area contributed by atoms with Gasteiger partial charge in [0.05, 0.1) is 12.2 Å². The molecule has 0 unspecified atom stereocenters. The standard InChI is InChI=1S/C25H29ClN2O6/c1-16(2)14-34-25(32)18-10-12-19(13-11-18)27-22(29)8-5-9-24(31)33-15-23(30)28-21-7-4-6-20(26)17(21)3/h4,6-7,10-13,16H,5,8-9,14-15H2,1-3H3,(H,27,29)(H,28,30). The molecule has 0 aromatic heterocycles. The number of anilines is 2. The second kappa shape index (κ2) is 13.3. The van der Waals surface area contributed by atoms with Gasteiger partial charge in [0.1, 0.15) is 0 Å². The SMILES string of the molecule is Cc1c(Cl)cccc1NC(=O)COC(=O)CCCC(=O)Nc1ccc(C(=O)OCC(C)C)cc1. The third kappa shape index (κ3) is 9.23. The zero-order chi connectivity index (χ0) is 25.1. The molecule has 0 aliphatic rings. The molecule has 182 valence electrons. The molecule has 0 saturated heterocycles. The molecular formula is C25H29ClN2O6. The first kappa shape index (κ1) is 26.9. The predicted octanol–water partition coefficient (Wildman–Crippen LogP) is 4.75. The van der Waals surface area contributed by atoms with Gasteiger partial charge in [0.2, 0.25) is 5.91 Å². The van der Waals surface area contributed by atoms with Gasteiger partial charge in [0.15, 0.2) is 6.61 Å². The van der Waals surface area contributed by atoms with Crippen molar-refractivity contribution in [3.63, 3.8) is 0 Å². The van der Waals surface area contributed by atoms with Gasteiger partial charge in [-0.1, -0.05) is 31.5 Å². The molecule has 2 amide bonds. The topological polar surface area (TPSA) is 111 Å². The molecule has 0 atom stereocenters. The quantitative estimate of drug-likeness (QED) is 0.441. The number of esters is 2. The Balaban J connectivity index is 1.66. The number of ether oxygens (including phenoxy) is 2. The average Bonchev–Trinajstić information content (AvgIpc) is 2.79. The van der Waals surface area contributed by atoms with Gasteiger partial charge in [-0.05, 0) is 61.2 Å². The van der Waals surface area contributed by atoms with Crippen LogP contribution in [0.5, 0.6) is 0 Å². The molecule has 0 radical (unpaired) electrons. The summed E-state index contributed by atoms with van der Waals surface area (Å²) in [6.45, 7) is 5.58. The van der Waals surface area contributed by atoms with E-state index in [1.54, 1.807) is 49.4 Å². The average molecular weight is 489 g/mol. The summed E-state index contributed by atoms with van der Waals surface area (Å²) in [6, 6.07) is 11.5. The van der Waals surface area contributed by atoms with Crippen LogP contribution in [0.3, 0.4) is 0 Å². The van der Waals surface area contributed by atoms with Crippen molar-refractivity contribution >= 4 is 46.7 Å². The Morgan fingerprint density at radius 3 is 2.29 bits per heavy atom. The van der Waals surface area contributed by atoms with E-state index in [9.17, 15) is 19.2 Å². The first-order valence-electron chi connectivity index (χ1n) is 10.9. The Hall–Kier alpha value is -3.39. The summed E-state index contributed by atoms with van der Waals surface area (Å²) in [4.78, 5) is 47.8. The maximum Gasteiger partial charge on any atom is 0.338 e. The molecule has 0 heterocycles. The van der Waals surface area contributed by atoms with Gasteiger partial charge in [-0.2, -0.15) is 0 Å². The largest absolute Gasteiger partial charge is 0.462 e. The summed E-state index contributed by atoms with van der Waals surface area (Å²) in [5.41, 5.74) is 2.19. The Bertz CT molecular complexity index is 1020. The molecule has 2 rings (SSSR count). The van der Waals surface area contributed by atoms with Crippen LogP contribution in [-0.4, -0.2) is 37.0 Å². The van der Waals surface area contributed by atoms with Crippen LogP contribution >= 0.6 is 11.6 Å². The zero-order valence-corrected chi connectivity index (χ0v) is 20.2. The monoisotopic (exact) mass is 488 g/mol. The molecule has 0 spiro atoms. The molecule has 0 aliphatic carbocycles. The summed E-state index contributed by atoms with van der Waals surface area (Å²) in [6.07, 6.45) is 0.359. The van der Waals surface area contributed by atoms with Gasteiger partial charge in [-0.25, -0.2) is 4.79 Å². The van der Waals surface area contributed by atoms with Crippen LogP contribution in [0.2, 0.25) is 5.02 Å². The molecule has 9 heteroatoms. The number of carbonyl (C=O) groups excluding carboxylic acids is 4. The van der Waals surface area contributed by atoms with Crippen LogP contribution in [0.15, 0.2) is 42.5 Å². The van der Waals surface area contributed by atoms with Crippen LogP contribution in [0.4, 0.5) is 11.4 Å². The van der Waals surface area contributed by atoms with E-state index in [-0.39, 0.29) is 31.1 Å². The maximum absolute atomic E-state index is 12.1. The number of benzene rings is 2. The third-order valence-electron chi connectivity index (χ3n) is 4.64. The number of amides is 2. The number of carbonyl (C=O) groups is 4. The van der Waals surface area contributed by atoms with E-state index in [1.165, 1.54) is 0 Å². The van der Waals surface area contributed by atoms with E-state index in [0.717, 1.165) is 5.56 Å². The molecule has 0 saturated carbocycles. The minimum atomic E-state index is -0.574. The van der Waals surface area contributed by atoms with Gasteiger partial charge < -0.3 is 20.1 Å². The van der Waals surface area contributed by atoms with E-state index in [0.29, 0.717) is 28.6 Å². The summed E-state index contributed by atoms with van der Waals surface area (Å²) < 4.78 is 10.1. The first-order valence-corrected chi connectivity index (χ1v) is 11.3. The third-order valence-corrected chi connectivity index (χ3v) is 5.05. The van der Waals surface area contributed by atoms with Crippen molar-refractivity contribution in [1.29, 1.82) is 0 Å². The van der Waals surface area contributed by atoms with E-state index in [1.807, 2.05) is 13.8 Å². The van der Waals surface area contributed by atoms with E-state index in [4.69, 9.17) is 21.1 Å². The van der Waals surface area contributed by atoms with Crippen molar-refractivity contribution in [2.24, 2.45) is 5.92 Å². The highest BCUT2D eigenvalue weighted by Crippen LogP contribution is 2.22. The van der Waals surface area contributed by atoms with Gasteiger partial charge in [-0.15, -0.1) is 0 Å². The van der Waals surface area contributed by atoms with Crippen LogP contribution in [0.25, 0.3) is 0 Å². The highest BCUT2D eigenvalue weighted by atomic mass is 35.5. The van der Waals surface area contributed by atoms with Gasteiger partial charge in [-0.3, -0.25) is 14.4 Å². The van der Waals surface area contributed by atoms with E-state index >= 15 is 0 Å². The molecule has 0 fully saturated rings. The van der Waals surface area contributed by atoms with Gasteiger partial charge in [0, 0.05) is 29.2 Å². The molecule has 34 heavy (non-hydrogen) atoms. The number of hydrogen-bond donors (Lipinski definition) is 2. The van der Waals surface area contributed by atoms with Gasteiger partial charge in [0.25, 0.3) is 5.91 Å². The first-order chi connectivity index (χ1) is 16.2. The highest BCUT2D eigenvalue weighted by molar-refractivity contribution is 6.31. The zero-order valence-electron chi connectivity index (χ0n) is 19.5. The number of hydrogen-bond acceptors (Lipinski definition) is 6. The Labute approximate surface area is 204 Å². The molecule has 0 bridgehead atoms. The normalized spacial score (nSPS) is 10.5. The van der Waals surface area contributed by atoms with Crippen molar-refractivity contribution in [3.05, 3.63) is 58.6 Å². The molecular weight excluding hydrogens is 460 g/mol. The Morgan fingerprint density at radius 1 is 0.912 bits per heavy atom. The van der Waals surface area contributed by atoms with Crippen LogP contribution in [0, 0.1) is 12.8 Å². The fraction of sp³-hybridized carbons (Fsp3) is 0.360. The van der Waals surface area contributed by atoms with Crippen molar-refractivity contribution < 1.29 is 28.7 Å². The summed E-state index contributed by atoms with van der Waals surface area (Å²) >= 11 is 6.01. The lowest BCUT2D eigenvalue weighted by Gasteiger charge is -2.10. The fourth-order valence-electron chi connectivity index (χ4n) is 2.78. The minimum Gasteiger partial charge on any atom is -0.462 e. The fourth-order valence-corrected chi connectivity index (χ4v) is 2.95. The van der Waals surface area contributed by atoms with E-state index in [2.05, 4.69) is 10.6 Å². The van der Waals surface area contributed by atoms with Gasteiger partial charge >= 0.3 is 11.9 Å². The van der Waals surface area contributed by atoms with Crippen molar-refractivity contribution in [2.75, 3.05) is 23.8 Å². The van der Waals surface area contributed by atoms with Crippen LogP contribution in [0.1, 0.15) is 49.0 Å². The molecule has 2 N–H and O–H groups in total. The molecule has 2 aromatic rings. The van der Waals surface area contributed by atoms with Crippen molar-refractivity contribution in [2.45, 2.75) is 40.0 Å². The summed E-state index contributed by atoms with van der Waals surface area (Å²) in [5.74, 6) is -1.50. The predicted molar refractivity (Wildman–Crippen MR) is 130 cm³/mol. The second-order valence-electron chi connectivity index (χ2n) is 8.09. The van der Waals surface area contributed by atoms with Crippen LogP contribution < -0.4 is 10.6 Å². The Kier molecular flexibility index (Phi) is 10.5. The number of halogens is 1. The van der Waals surface area contributed by atoms with Crippen molar-refractivity contribution in [3.8, 4) is 0 Å². The smallest absolute Gasteiger partial charge is 0.338 e.